The van der Waals surface area contributed by atoms with Crippen molar-refractivity contribution >= 4 is 11.1 Å². The zero-order chi connectivity index (χ0) is 16.4. The highest BCUT2D eigenvalue weighted by atomic mass is 32.2. The molecule has 1 unspecified atom stereocenters. The van der Waals surface area contributed by atoms with Gasteiger partial charge in [-0.25, -0.2) is 8.60 Å². The molecule has 1 heterocycles. The Labute approximate surface area is 134 Å². The van der Waals surface area contributed by atoms with Crippen LogP contribution in [0, 0.1) is 11.8 Å². The Morgan fingerprint density at radius 2 is 1.57 bits per heavy atom. The Morgan fingerprint density at radius 1 is 0.913 bits per heavy atom. The maximum absolute atomic E-state index is 14.1. The van der Waals surface area contributed by atoms with Crippen molar-refractivity contribution in [3.63, 3.8) is 0 Å². The minimum absolute atomic E-state index is 0.0492. The van der Waals surface area contributed by atoms with E-state index in [0.29, 0.717) is 11.4 Å². The molecule has 118 valence electrons. The largest absolute Gasteiger partial charge is 0.306 e. The fraction of sp³-hybridized carbons (Fsp3) is 0.0588. The number of benzene rings is 2. The molecule has 0 amide bonds. The number of aromatic nitrogens is 1. The van der Waals surface area contributed by atoms with Gasteiger partial charge in [0.05, 0.1) is 11.4 Å². The molecule has 3 aromatic rings. The third-order valence-electron chi connectivity index (χ3n) is 3.46. The van der Waals surface area contributed by atoms with Gasteiger partial charge in [-0.15, -0.1) is 0 Å². The number of hydrogen-bond donors (Lipinski definition) is 1. The van der Waals surface area contributed by atoms with Crippen LogP contribution in [0.15, 0.2) is 60.7 Å². The highest BCUT2D eigenvalue weighted by molar-refractivity contribution is 7.78. The first-order chi connectivity index (χ1) is 11.0. The first-order valence-corrected chi connectivity index (χ1v) is 8.12. The van der Waals surface area contributed by atoms with Gasteiger partial charge in [-0.1, -0.05) is 24.3 Å². The van der Waals surface area contributed by atoms with E-state index >= 15 is 0 Å². The van der Waals surface area contributed by atoms with Crippen LogP contribution in [-0.4, -0.2) is 13.3 Å². The molecular formula is C17H13F2NO2S. The lowest BCUT2D eigenvalue weighted by Crippen LogP contribution is -2.00. The molecule has 3 nitrogen and oxygen atoms in total. The van der Waals surface area contributed by atoms with E-state index < -0.39 is 17.0 Å². The molecule has 23 heavy (non-hydrogen) atoms. The van der Waals surface area contributed by atoms with E-state index in [2.05, 4.69) is 0 Å². The van der Waals surface area contributed by atoms with Gasteiger partial charge in [0.15, 0.2) is 17.0 Å². The van der Waals surface area contributed by atoms with E-state index in [1.807, 2.05) is 0 Å². The maximum Gasteiger partial charge on any atom is 0.198 e. The molecule has 0 aliphatic heterocycles. The van der Waals surface area contributed by atoms with Gasteiger partial charge in [0, 0.05) is 5.69 Å². The van der Waals surface area contributed by atoms with Crippen molar-refractivity contribution in [2.45, 2.75) is 5.75 Å². The summed E-state index contributed by atoms with van der Waals surface area (Å²) >= 11 is -1.90. The Bertz CT molecular complexity index is 842. The van der Waals surface area contributed by atoms with Gasteiger partial charge in [0.1, 0.15) is 5.82 Å². The van der Waals surface area contributed by atoms with Gasteiger partial charge in [0.2, 0.25) is 0 Å². The fourth-order valence-corrected chi connectivity index (χ4v) is 2.88. The van der Waals surface area contributed by atoms with Crippen LogP contribution in [0.5, 0.6) is 0 Å². The zero-order valence-electron chi connectivity index (χ0n) is 11.9. The van der Waals surface area contributed by atoms with Crippen molar-refractivity contribution in [1.29, 1.82) is 0 Å². The summed E-state index contributed by atoms with van der Waals surface area (Å²) in [4.78, 5) is 0. The monoisotopic (exact) mass is 333 g/mol. The third-order valence-corrected chi connectivity index (χ3v) is 4.04. The van der Waals surface area contributed by atoms with Crippen LogP contribution in [-0.2, 0) is 16.8 Å². The lowest BCUT2D eigenvalue weighted by molar-refractivity contribution is 0.561. The molecule has 1 aromatic heterocycles. The topological polar surface area (TPSA) is 42.2 Å². The Morgan fingerprint density at radius 3 is 2.17 bits per heavy atom. The molecule has 1 N–H and O–H groups in total. The van der Waals surface area contributed by atoms with Gasteiger partial charge in [-0.2, -0.15) is 4.39 Å². The van der Waals surface area contributed by atoms with Crippen molar-refractivity contribution in [1.82, 2.24) is 4.57 Å². The summed E-state index contributed by atoms with van der Waals surface area (Å²) in [6.45, 7) is 0. The molecule has 0 fully saturated rings. The second-order valence-electron chi connectivity index (χ2n) is 5.02. The van der Waals surface area contributed by atoms with Gasteiger partial charge < -0.3 is 4.55 Å². The molecule has 6 heteroatoms. The molecule has 3 rings (SSSR count). The molecule has 0 spiro atoms. The van der Waals surface area contributed by atoms with Crippen molar-refractivity contribution < 1.29 is 17.5 Å². The summed E-state index contributed by atoms with van der Waals surface area (Å²) in [7, 11) is 0. The van der Waals surface area contributed by atoms with Crippen LogP contribution < -0.4 is 0 Å². The average Bonchev–Trinajstić information content (AvgIpc) is 2.90. The molecular weight excluding hydrogens is 320 g/mol. The van der Waals surface area contributed by atoms with Crippen LogP contribution in [0.25, 0.3) is 16.9 Å². The van der Waals surface area contributed by atoms with Crippen molar-refractivity contribution in [2.24, 2.45) is 0 Å². The fourth-order valence-electron chi connectivity index (χ4n) is 2.40. The van der Waals surface area contributed by atoms with Gasteiger partial charge >= 0.3 is 0 Å². The normalized spacial score (nSPS) is 12.3. The number of rotatable bonds is 4. The van der Waals surface area contributed by atoms with Gasteiger partial charge in [0.25, 0.3) is 0 Å². The highest BCUT2D eigenvalue weighted by Gasteiger charge is 2.12. The van der Waals surface area contributed by atoms with Crippen LogP contribution in [0.2, 0.25) is 0 Å². The standard InChI is InChI=1S/C17H13F2NO2S/c18-14-5-7-15(8-6-14)20-16(9-10-17(20)19)13-3-1-12(2-4-13)11-23(21)22/h1-10H,11H2,(H,21,22). The molecule has 2 aromatic carbocycles. The zero-order valence-corrected chi connectivity index (χ0v) is 12.8. The van der Waals surface area contributed by atoms with Crippen molar-refractivity contribution in [3.05, 3.63) is 78.0 Å². The van der Waals surface area contributed by atoms with Crippen molar-refractivity contribution in [2.75, 3.05) is 0 Å². The van der Waals surface area contributed by atoms with E-state index in [-0.39, 0.29) is 11.6 Å². The van der Waals surface area contributed by atoms with Gasteiger partial charge in [-0.05, 0) is 47.5 Å². The quantitative estimate of drug-likeness (QED) is 0.729. The summed E-state index contributed by atoms with van der Waals surface area (Å²) < 4.78 is 48.3. The first-order valence-electron chi connectivity index (χ1n) is 6.84. The minimum atomic E-state index is -1.90. The maximum atomic E-state index is 14.1. The summed E-state index contributed by atoms with van der Waals surface area (Å²) in [6, 6.07) is 15.5. The smallest absolute Gasteiger partial charge is 0.198 e. The van der Waals surface area contributed by atoms with Crippen LogP contribution in [0.1, 0.15) is 5.56 Å². The van der Waals surface area contributed by atoms with E-state index in [1.165, 1.54) is 34.9 Å². The third kappa shape index (κ3) is 3.38. The summed E-state index contributed by atoms with van der Waals surface area (Å²) in [5, 5.41) is 0. The SMILES string of the molecule is O=S(O)Cc1ccc(-c2ccc(F)n2-c2ccc(F)cc2)cc1. The van der Waals surface area contributed by atoms with E-state index in [4.69, 9.17) is 4.55 Å². The predicted octanol–water partition coefficient (Wildman–Crippen LogP) is 4.14. The van der Waals surface area contributed by atoms with E-state index in [9.17, 15) is 13.0 Å². The number of nitrogens with zero attached hydrogens (tertiary/aromatic N) is 1. The van der Waals surface area contributed by atoms with Crippen LogP contribution in [0.3, 0.4) is 0 Å². The first kappa shape index (κ1) is 15.6. The Kier molecular flexibility index (Phi) is 4.36. The lowest BCUT2D eigenvalue weighted by Gasteiger charge is -2.11. The van der Waals surface area contributed by atoms with Crippen molar-refractivity contribution in [3.8, 4) is 16.9 Å². The summed E-state index contributed by atoms with van der Waals surface area (Å²) in [5.41, 5.74) is 2.61. The lowest BCUT2D eigenvalue weighted by atomic mass is 10.1. The average molecular weight is 333 g/mol. The molecule has 0 radical (unpaired) electrons. The predicted molar refractivity (Wildman–Crippen MR) is 85.6 cm³/mol. The second kappa shape index (κ2) is 6.44. The molecule has 0 aliphatic rings. The Balaban J connectivity index is 2.01. The van der Waals surface area contributed by atoms with E-state index in [1.54, 1.807) is 30.3 Å². The summed E-state index contributed by atoms with van der Waals surface area (Å²) in [6.07, 6.45) is 0. The van der Waals surface area contributed by atoms with E-state index in [0.717, 1.165) is 11.1 Å². The highest BCUT2D eigenvalue weighted by Crippen LogP contribution is 2.26. The molecule has 0 saturated carbocycles. The van der Waals surface area contributed by atoms with Crippen LogP contribution in [0.4, 0.5) is 8.78 Å². The van der Waals surface area contributed by atoms with Crippen LogP contribution >= 0.6 is 0 Å². The second-order valence-corrected chi connectivity index (χ2v) is 5.95. The number of hydrogen-bond acceptors (Lipinski definition) is 1. The van der Waals surface area contributed by atoms with Gasteiger partial charge in [-0.3, -0.25) is 4.57 Å². The molecule has 0 saturated heterocycles. The minimum Gasteiger partial charge on any atom is -0.306 e. The molecule has 0 aliphatic carbocycles. The molecule has 0 bridgehead atoms. The Hall–Kier alpha value is -2.31. The summed E-state index contributed by atoms with van der Waals surface area (Å²) in [5.74, 6) is -0.787. The number of halogens is 2. The molecule has 1 atom stereocenters.